The summed E-state index contributed by atoms with van der Waals surface area (Å²) < 4.78 is 54.6. The second kappa shape index (κ2) is 10.4. The average Bonchev–Trinajstić information content (AvgIpc) is 3.45. The summed E-state index contributed by atoms with van der Waals surface area (Å²) in [7, 11) is -1.99. The van der Waals surface area contributed by atoms with Crippen molar-refractivity contribution in [1.82, 2.24) is 14.5 Å². The topological polar surface area (TPSA) is 92.3 Å². The first-order valence-electron chi connectivity index (χ1n) is 12.3. The molecule has 12 heteroatoms. The van der Waals surface area contributed by atoms with Crippen LogP contribution in [-0.4, -0.2) is 28.8 Å². The van der Waals surface area contributed by atoms with Crippen molar-refractivity contribution in [2.24, 2.45) is 5.73 Å². The van der Waals surface area contributed by atoms with E-state index >= 15 is 0 Å². The highest BCUT2D eigenvalue weighted by atomic mass is 32.1. The minimum absolute atomic E-state index is 0.0429. The van der Waals surface area contributed by atoms with E-state index in [1.54, 1.807) is 23.2 Å². The molecule has 4 rings (SSSR count). The summed E-state index contributed by atoms with van der Waals surface area (Å²) >= 11 is 1.07. The van der Waals surface area contributed by atoms with Crippen LogP contribution in [-0.2, 0) is 17.2 Å². The molecule has 7 nitrogen and oxygen atoms in total. The molecule has 0 spiro atoms. The van der Waals surface area contributed by atoms with Crippen LogP contribution in [0.5, 0.6) is 5.75 Å². The Bertz CT molecular complexity index is 1510. The summed E-state index contributed by atoms with van der Waals surface area (Å²) in [6.45, 7) is 12.7. The third-order valence-electron chi connectivity index (χ3n) is 7.03. The zero-order valence-corrected chi connectivity index (χ0v) is 24.4. The summed E-state index contributed by atoms with van der Waals surface area (Å²) in [5.74, 6) is -0.642. The van der Waals surface area contributed by atoms with E-state index in [0.29, 0.717) is 17.1 Å². The van der Waals surface area contributed by atoms with Crippen LogP contribution in [0.3, 0.4) is 0 Å². The van der Waals surface area contributed by atoms with E-state index in [4.69, 9.17) is 14.9 Å². The van der Waals surface area contributed by atoms with Crippen molar-refractivity contribution < 1.29 is 27.1 Å². The van der Waals surface area contributed by atoms with Gasteiger partial charge in [-0.15, -0.1) is 11.3 Å². The van der Waals surface area contributed by atoms with Crippen LogP contribution in [0.1, 0.15) is 60.3 Å². The highest BCUT2D eigenvalue weighted by Crippen LogP contribution is 2.40. The van der Waals surface area contributed by atoms with Crippen LogP contribution in [0, 0.1) is 0 Å². The molecule has 39 heavy (non-hydrogen) atoms. The fourth-order valence-corrected chi connectivity index (χ4v) is 5.65. The zero-order valence-electron chi connectivity index (χ0n) is 22.6. The van der Waals surface area contributed by atoms with E-state index in [9.17, 15) is 18.0 Å². The minimum Gasteiger partial charge on any atom is -0.484 e. The Labute approximate surface area is 229 Å². The Kier molecular flexibility index (Phi) is 7.67. The number of amides is 1. The lowest BCUT2D eigenvalue weighted by Crippen LogP contribution is -2.40. The quantitative estimate of drug-likeness (QED) is 0.223. The van der Waals surface area contributed by atoms with Crippen LogP contribution >= 0.6 is 11.3 Å². The van der Waals surface area contributed by atoms with Gasteiger partial charge in [0, 0.05) is 11.6 Å². The van der Waals surface area contributed by atoms with E-state index < -0.39 is 32.1 Å². The van der Waals surface area contributed by atoms with E-state index in [1.165, 1.54) is 25.1 Å². The lowest BCUT2D eigenvalue weighted by molar-refractivity contribution is -0.139. The number of pyridine rings is 1. The molecule has 0 aliphatic rings. The van der Waals surface area contributed by atoms with Crippen molar-refractivity contribution in [3.63, 3.8) is 0 Å². The normalized spacial score (nSPS) is 13.6. The van der Waals surface area contributed by atoms with Crippen LogP contribution in [0.4, 0.5) is 13.2 Å². The monoisotopic (exact) mass is 576 g/mol. The first kappa shape index (κ1) is 28.8. The number of imidazole rings is 1. The second-order valence-corrected chi connectivity index (χ2v) is 16.7. The number of primary amides is 1. The third kappa shape index (κ3) is 6.02. The van der Waals surface area contributed by atoms with Crippen molar-refractivity contribution in [1.29, 1.82) is 0 Å². The minimum atomic E-state index is -4.55. The molecule has 0 aliphatic carbocycles. The number of rotatable bonds is 8. The van der Waals surface area contributed by atoms with Gasteiger partial charge in [0.25, 0.3) is 5.91 Å². The van der Waals surface area contributed by atoms with Gasteiger partial charge in [-0.1, -0.05) is 39.0 Å². The van der Waals surface area contributed by atoms with E-state index in [-0.39, 0.29) is 21.2 Å². The standard InChI is InChI=1S/C27H31F3N4O3SSi/c1-16(18-9-7-8-10-19(18)27(28,29)30)37-22-12-23(38-24(22)25(31)35)34-15-33-20-13-32-17(11-21(20)34)14-36-39(5,6)26(2,3)4/h7-13,15-16H,14H2,1-6H3,(H2,31,35). The number of benzene rings is 1. The highest BCUT2D eigenvalue weighted by Gasteiger charge is 2.37. The molecule has 4 aromatic rings. The molecular formula is C27H31F3N4O3SSi. The van der Waals surface area contributed by atoms with E-state index in [2.05, 4.69) is 43.8 Å². The van der Waals surface area contributed by atoms with Gasteiger partial charge in [-0.3, -0.25) is 14.3 Å². The molecule has 0 aliphatic heterocycles. The Morgan fingerprint density at radius 1 is 1.15 bits per heavy atom. The number of nitrogens with two attached hydrogens (primary N) is 1. The Hall–Kier alpha value is -3.22. The maximum absolute atomic E-state index is 13.6. The van der Waals surface area contributed by atoms with Gasteiger partial charge in [-0.25, -0.2) is 4.98 Å². The number of carbonyl (C=O) groups excluding carboxylic acids is 1. The van der Waals surface area contributed by atoms with Gasteiger partial charge < -0.3 is 14.9 Å². The van der Waals surface area contributed by atoms with Crippen molar-refractivity contribution in [3.8, 4) is 10.8 Å². The molecule has 1 amide bonds. The first-order chi connectivity index (χ1) is 18.1. The largest absolute Gasteiger partial charge is 0.484 e. The molecule has 0 fully saturated rings. The van der Waals surface area contributed by atoms with Gasteiger partial charge >= 0.3 is 6.18 Å². The van der Waals surface area contributed by atoms with E-state index in [0.717, 1.165) is 28.6 Å². The van der Waals surface area contributed by atoms with Crippen LogP contribution in [0.15, 0.2) is 48.9 Å². The maximum atomic E-state index is 13.6. The lowest BCUT2D eigenvalue weighted by atomic mass is 10.0. The van der Waals surface area contributed by atoms with Gasteiger partial charge in [-0.05, 0) is 37.2 Å². The van der Waals surface area contributed by atoms with Crippen LogP contribution in [0.25, 0.3) is 16.0 Å². The number of alkyl halides is 3. The van der Waals surface area contributed by atoms with Crippen molar-refractivity contribution >= 4 is 36.6 Å². The van der Waals surface area contributed by atoms with Gasteiger partial charge in [0.05, 0.1) is 29.6 Å². The summed E-state index contributed by atoms with van der Waals surface area (Å²) in [6.07, 6.45) is -2.29. The number of nitrogens with zero attached hydrogens (tertiary/aromatic N) is 3. The predicted molar refractivity (Wildman–Crippen MR) is 148 cm³/mol. The summed E-state index contributed by atoms with van der Waals surface area (Å²) in [5, 5.41) is 0.620. The Morgan fingerprint density at radius 3 is 2.49 bits per heavy atom. The summed E-state index contributed by atoms with van der Waals surface area (Å²) in [6, 6.07) is 8.65. The molecule has 0 radical (unpaired) electrons. The van der Waals surface area contributed by atoms with Crippen molar-refractivity contribution in [3.05, 3.63) is 70.6 Å². The van der Waals surface area contributed by atoms with E-state index in [1.807, 2.05) is 6.07 Å². The van der Waals surface area contributed by atoms with Crippen molar-refractivity contribution in [2.45, 2.75) is 64.7 Å². The molecule has 1 atom stereocenters. The average molecular weight is 577 g/mol. The predicted octanol–water partition coefficient (Wildman–Crippen LogP) is 7.26. The number of fused-ring (bicyclic) bond motifs is 1. The maximum Gasteiger partial charge on any atom is 0.416 e. The van der Waals surface area contributed by atoms with Crippen LogP contribution < -0.4 is 10.5 Å². The lowest BCUT2D eigenvalue weighted by Gasteiger charge is -2.36. The Morgan fingerprint density at radius 2 is 1.85 bits per heavy atom. The Balaban J connectivity index is 1.66. The molecule has 0 saturated heterocycles. The fraction of sp³-hybridized carbons (Fsp3) is 0.370. The van der Waals surface area contributed by atoms with Gasteiger partial charge in [0.1, 0.15) is 33.6 Å². The van der Waals surface area contributed by atoms with Crippen molar-refractivity contribution in [2.75, 3.05) is 0 Å². The number of aromatic nitrogens is 3. The van der Waals surface area contributed by atoms with Gasteiger partial charge in [0.15, 0.2) is 8.32 Å². The van der Waals surface area contributed by atoms with Gasteiger partial charge in [0.2, 0.25) is 0 Å². The first-order valence-corrected chi connectivity index (χ1v) is 16.0. The molecule has 3 aromatic heterocycles. The number of thiophene rings is 1. The molecule has 0 saturated carbocycles. The SMILES string of the molecule is CC(Oc1cc(-n2cnc3cnc(CO[Si](C)(C)C(C)(C)C)cc32)sc1C(N)=O)c1ccccc1C(F)(F)F. The molecule has 1 unspecified atom stereocenters. The molecule has 3 heterocycles. The highest BCUT2D eigenvalue weighted by molar-refractivity contribution is 7.16. The summed E-state index contributed by atoms with van der Waals surface area (Å²) in [5.41, 5.74) is 6.87. The molecule has 208 valence electrons. The number of carbonyl (C=O) groups is 1. The number of ether oxygens (including phenoxy) is 1. The molecular weight excluding hydrogens is 545 g/mol. The second-order valence-electron chi connectivity index (χ2n) is 10.8. The zero-order chi connectivity index (χ0) is 28.8. The molecule has 1 aromatic carbocycles. The fourth-order valence-electron chi connectivity index (χ4n) is 3.78. The smallest absolute Gasteiger partial charge is 0.416 e. The number of halogens is 3. The molecule has 2 N–H and O–H groups in total. The number of hydrogen-bond donors (Lipinski definition) is 1. The summed E-state index contributed by atoms with van der Waals surface area (Å²) in [4.78, 5) is 21.2. The van der Waals surface area contributed by atoms with Crippen LogP contribution in [0.2, 0.25) is 18.1 Å². The third-order valence-corrected chi connectivity index (χ3v) is 12.6. The van der Waals surface area contributed by atoms with Gasteiger partial charge in [-0.2, -0.15) is 13.2 Å². The number of hydrogen-bond acceptors (Lipinski definition) is 6. The molecule has 0 bridgehead atoms.